The van der Waals surface area contributed by atoms with E-state index in [2.05, 4.69) is 42.7 Å². The molecule has 0 fully saturated rings. The lowest BCUT2D eigenvalue weighted by Crippen LogP contribution is -2.33. The molecule has 3 nitrogen and oxygen atoms in total. The van der Waals surface area contributed by atoms with Gasteiger partial charge in [-0.1, -0.05) is 44.2 Å². The first-order valence-corrected chi connectivity index (χ1v) is 10.6. The summed E-state index contributed by atoms with van der Waals surface area (Å²) in [6, 6.07) is 15.0. The third kappa shape index (κ3) is 3.39. The van der Waals surface area contributed by atoms with Crippen molar-refractivity contribution in [1.82, 2.24) is 0 Å². The molecule has 0 amide bonds. The minimum Gasteiger partial charge on any atom is -0.395 e. The van der Waals surface area contributed by atoms with E-state index in [1.807, 2.05) is 24.3 Å². The fourth-order valence-corrected chi connectivity index (χ4v) is 4.98. The van der Waals surface area contributed by atoms with Gasteiger partial charge in [0.25, 0.3) is 0 Å². The van der Waals surface area contributed by atoms with Crippen molar-refractivity contribution in [2.75, 3.05) is 18.1 Å². The summed E-state index contributed by atoms with van der Waals surface area (Å²) in [6.07, 6.45) is 7.41. The predicted molar refractivity (Wildman–Crippen MR) is 118 cm³/mol. The number of hydrogen-bond acceptors (Lipinski definition) is 3. The summed E-state index contributed by atoms with van der Waals surface area (Å²) in [6.45, 7) is 7.05. The number of aryl methyl sites for hydroxylation is 2. The second-order valence-electron chi connectivity index (χ2n) is 7.93. The molecule has 0 radical (unpaired) electrons. The molecule has 29 heavy (non-hydrogen) atoms. The molecule has 2 aliphatic rings. The van der Waals surface area contributed by atoms with Gasteiger partial charge < -0.3 is 10.0 Å². The molecule has 0 bridgehead atoms. The van der Waals surface area contributed by atoms with Crippen LogP contribution in [0.2, 0.25) is 0 Å². The Balaban J connectivity index is 1.99. The first-order chi connectivity index (χ1) is 14.2. The smallest absolute Gasteiger partial charge is 0.0991 e. The number of hydrogen-bond donors (Lipinski definition) is 1. The van der Waals surface area contributed by atoms with Gasteiger partial charge >= 0.3 is 0 Å². The maximum Gasteiger partial charge on any atom is 0.0991 e. The Kier molecular flexibility index (Phi) is 5.56. The lowest BCUT2D eigenvalue weighted by atomic mass is 9.78. The molecule has 1 N–H and O–H groups in total. The highest BCUT2D eigenvalue weighted by atomic mass is 16.3. The Bertz CT molecular complexity index is 1010. The molecule has 0 aromatic heterocycles. The second kappa shape index (κ2) is 8.27. The van der Waals surface area contributed by atoms with E-state index in [4.69, 9.17) is 0 Å². The highest BCUT2D eigenvalue weighted by Gasteiger charge is 2.33. The maximum atomic E-state index is 9.81. The molecule has 2 aromatic rings. The maximum absolute atomic E-state index is 9.81. The van der Waals surface area contributed by atoms with Crippen molar-refractivity contribution in [2.45, 2.75) is 44.9 Å². The van der Waals surface area contributed by atoms with Gasteiger partial charge in [0.15, 0.2) is 0 Å². The molecule has 2 aromatic carbocycles. The molecule has 3 heteroatoms. The van der Waals surface area contributed by atoms with Crippen molar-refractivity contribution >= 4 is 5.69 Å². The van der Waals surface area contributed by atoms with Crippen molar-refractivity contribution in [1.29, 1.82) is 5.26 Å². The molecule has 1 unspecified atom stereocenters. The molecule has 1 atom stereocenters. The summed E-state index contributed by atoms with van der Waals surface area (Å²) in [5.41, 5.74) is 9.62. The van der Waals surface area contributed by atoms with E-state index >= 15 is 0 Å². The van der Waals surface area contributed by atoms with Gasteiger partial charge in [-0.15, -0.1) is 0 Å². The quantitative estimate of drug-likeness (QED) is 0.742. The van der Waals surface area contributed by atoms with E-state index < -0.39 is 0 Å². The first kappa shape index (κ1) is 19.5. The Labute approximate surface area is 173 Å². The molecule has 1 aliphatic heterocycles. The summed E-state index contributed by atoms with van der Waals surface area (Å²) < 4.78 is 0. The number of nitrogens with zero attached hydrogens (tertiary/aromatic N) is 2. The highest BCUT2D eigenvalue weighted by molar-refractivity contribution is 5.71. The van der Waals surface area contributed by atoms with Crippen LogP contribution in [0.25, 0.3) is 0 Å². The van der Waals surface area contributed by atoms with Crippen LogP contribution in [0, 0.1) is 11.3 Å². The van der Waals surface area contributed by atoms with Crippen LogP contribution < -0.4 is 4.90 Å². The summed E-state index contributed by atoms with van der Waals surface area (Å²) in [5.74, 6) is 0.0678. The zero-order chi connectivity index (χ0) is 20.4. The Hall–Kier alpha value is -2.83. The number of benzene rings is 2. The number of rotatable bonds is 6. The highest BCUT2D eigenvalue weighted by Crippen LogP contribution is 2.48. The van der Waals surface area contributed by atoms with Gasteiger partial charge in [0.1, 0.15) is 0 Å². The average Bonchev–Trinajstić information content (AvgIpc) is 3.21. The SMILES string of the molecule is C=CC1=C(CCC)N(CCO)c2cc3c(cc2C1c1cccc(C#N)c1)CCC3. The largest absolute Gasteiger partial charge is 0.395 e. The van der Waals surface area contributed by atoms with Crippen molar-refractivity contribution < 1.29 is 5.11 Å². The van der Waals surface area contributed by atoms with E-state index in [1.165, 1.54) is 40.1 Å². The molecular weight excluding hydrogens is 356 g/mol. The number of aliphatic hydroxyl groups excluding tert-OH is 1. The van der Waals surface area contributed by atoms with Crippen LogP contribution in [0.4, 0.5) is 5.69 Å². The van der Waals surface area contributed by atoms with Crippen LogP contribution in [0.3, 0.4) is 0 Å². The molecule has 0 saturated heterocycles. The third-order valence-corrected chi connectivity index (χ3v) is 6.19. The first-order valence-electron chi connectivity index (χ1n) is 10.6. The minimum atomic E-state index is 0.0678. The van der Waals surface area contributed by atoms with Gasteiger partial charge in [0, 0.05) is 23.8 Å². The van der Waals surface area contributed by atoms with Crippen LogP contribution >= 0.6 is 0 Å². The Morgan fingerprint density at radius 1 is 1.24 bits per heavy atom. The van der Waals surface area contributed by atoms with E-state index in [-0.39, 0.29) is 12.5 Å². The lowest BCUT2D eigenvalue weighted by Gasteiger charge is -2.40. The average molecular weight is 385 g/mol. The van der Waals surface area contributed by atoms with Crippen molar-refractivity contribution in [3.05, 3.63) is 88.1 Å². The number of fused-ring (bicyclic) bond motifs is 2. The fraction of sp³-hybridized carbons (Fsp3) is 0.346. The van der Waals surface area contributed by atoms with E-state index in [9.17, 15) is 10.4 Å². The zero-order valence-electron chi connectivity index (χ0n) is 17.1. The Morgan fingerprint density at radius 3 is 2.72 bits per heavy atom. The standard InChI is InChI=1S/C26H28N2O/c1-3-7-24-22(4-2)26(21-11-5-8-18(14-21)17-27)23-15-19-9-6-10-20(19)16-25(23)28(24)12-13-29/h4-5,8,11,14-16,26,29H,2-3,6-7,9-10,12-13H2,1H3. The molecule has 148 valence electrons. The van der Waals surface area contributed by atoms with Gasteiger partial charge in [-0.05, 0) is 71.7 Å². The van der Waals surface area contributed by atoms with Crippen molar-refractivity contribution in [2.24, 2.45) is 0 Å². The van der Waals surface area contributed by atoms with E-state index in [0.717, 1.165) is 31.2 Å². The number of allylic oxidation sites excluding steroid dienone is 3. The van der Waals surface area contributed by atoms with E-state index in [1.54, 1.807) is 0 Å². The monoisotopic (exact) mass is 384 g/mol. The van der Waals surface area contributed by atoms with Crippen molar-refractivity contribution in [3.8, 4) is 6.07 Å². The minimum absolute atomic E-state index is 0.0678. The molecule has 0 saturated carbocycles. The fourth-order valence-electron chi connectivity index (χ4n) is 4.98. The van der Waals surface area contributed by atoms with Gasteiger partial charge in [-0.25, -0.2) is 0 Å². The lowest BCUT2D eigenvalue weighted by molar-refractivity contribution is 0.303. The van der Waals surface area contributed by atoms with Crippen LogP contribution in [0.15, 0.2) is 60.3 Å². The number of nitriles is 1. The molecule has 1 aliphatic carbocycles. The summed E-state index contributed by atoms with van der Waals surface area (Å²) in [7, 11) is 0. The van der Waals surface area contributed by atoms with Gasteiger partial charge in [0.2, 0.25) is 0 Å². The Morgan fingerprint density at radius 2 is 2.03 bits per heavy atom. The molecule has 4 rings (SSSR count). The van der Waals surface area contributed by atoms with Gasteiger partial charge in [-0.2, -0.15) is 5.26 Å². The van der Waals surface area contributed by atoms with Crippen LogP contribution in [-0.2, 0) is 12.8 Å². The molecule has 1 heterocycles. The summed E-state index contributed by atoms with van der Waals surface area (Å²) >= 11 is 0. The topological polar surface area (TPSA) is 47.3 Å². The number of anilines is 1. The van der Waals surface area contributed by atoms with Crippen molar-refractivity contribution in [3.63, 3.8) is 0 Å². The molecule has 0 spiro atoms. The second-order valence-corrected chi connectivity index (χ2v) is 7.93. The predicted octanol–water partition coefficient (Wildman–Crippen LogP) is 5.23. The van der Waals surface area contributed by atoms with E-state index in [0.29, 0.717) is 12.1 Å². The van der Waals surface area contributed by atoms with Crippen LogP contribution in [-0.4, -0.2) is 18.3 Å². The van der Waals surface area contributed by atoms with Crippen LogP contribution in [0.5, 0.6) is 0 Å². The number of β-amino-alcohol motifs (C(OH)–C–C–N with tert-alkyl or cyclic N) is 1. The van der Waals surface area contributed by atoms with Gasteiger partial charge in [-0.3, -0.25) is 0 Å². The zero-order valence-corrected chi connectivity index (χ0v) is 17.1. The van der Waals surface area contributed by atoms with Crippen LogP contribution in [0.1, 0.15) is 59.9 Å². The van der Waals surface area contributed by atoms with Gasteiger partial charge in [0.05, 0.1) is 18.2 Å². The normalized spacial score (nSPS) is 17.7. The molecular formula is C26H28N2O. The number of aliphatic hydroxyl groups is 1. The summed E-state index contributed by atoms with van der Waals surface area (Å²) in [5, 5.41) is 19.2. The third-order valence-electron chi connectivity index (χ3n) is 6.19. The summed E-state index contributed by atoms with van der Waals surface area (Å²) in [4.78, 5) is 2.30.